The molecule has 0 spiro atoms. The molecule has 44 heavy (non-hydrogen) atoms. The molecule has 0 atom stereocenters. The quantitative estimate of drug-likeness (QED) is 0.341. The van der Waals surface area contributed by atoms with Gasteiger partial charge in [0.05, 0.1) is 0 Å². The van der Waals surface area contributed by atoms with Crippen LogP contribution in [0.2, 0.25) is 0 Å². The normalized spacial score (nSPS) is 16.9. The second-order valence-electron chi connectivity index (χ2n) is 13.0. The van der Waals surface area contributed by atoms with Crippen molar-refractivity contribution in [2.45, 2.75) is 77.6 Å². The molecule has 0 saturated carbocycles. The number of nitrogens with one attached hydrogen (secondary N) is 2. The molecule has 2 saturated heterocycles. The first-order valence-electron chi connectivity index (χ1n) is 15.6. The summed E-state index contributed by atoms with van der Waals surface area (Å²) >= 11 is 0. The summed E-state index contributed by atoms with van der Waals surface area (Å²) in [5.74, 6) is 0.455. The van der Waals surface area contributed by atoms with Crippen LogP contribution in [-0.2, 0) is 11.3 Å². The van der Waals surface area contributed by atoms with Crippen molar-refractivity contribution in [3.8, 4) is 11.1 Å². The van der Waals surface area contributed by atoms with Gasteiger partial charge >= 0.3 is 6.09 Å². The largest absolute Gasteiger partial charge is 0.444 e. The standard InChI is InChI=1S/C35H44FN5O3/c1-24-5-8-26(9-6-24)30-21-27(10-11-31(30)36)33(42)38-28-13-17-40(18-14-28)23-25-7-12-32(37-22-25)41-19-15-29(16-20-41)39-34(43)44-35(2,3)4/h5-12,21-22,28-29H,13-20,23H2,1-4H3,(H,38,42)(H,39,43). The number of likely N-dealkylation sites (tertiary alicyclic amines) is 1. The zero-order valence-corrected chi connectivity index (χ0v) is 26.2. The Balaban J connectivity index is 1.06. The molecule has 9 heteroatoms. The second-order valence-corrected chi connectivity index (χ2v) is 13.0. The van der Waals surface area contributed by atoms with Crippen molar-refractivity contribution in [3.63, 3.8) is 0 Å². The van der Waals surface area contributed by atoms with Gasteiger partial charge in [0.2, 0.25) is 0 Å². The first-order chi connectivity index (χ1) is 21.0. The van der Waals surface area contributed by atoms with Crippen LogP contribution in [0.15, 0.2) is 60.8 Å². The van der Waals surface area contributed by atoms with Crippen molar-refractivity contribution in [2.75, 3.05) is 31.1 Å². The first-order valence-corrected chi connectivity index (χ1v) is 15.6. The number of aryl methyl sites for hydroxylation is 1. The Labute approximate surface area is 260 Å². The number of ether oxygens (including phenoxy) is 1. The summed E-state index contributed by atoms with van der Waals surface area (Å²) in [5, 5.41) is 6.14. The molecule has 1 aromatic heterocycles. The molecule has 2 aliphatic heterocycles. The molecular formula is C35H44FN5O3. The van der Waals surface area contributed by atoms with Crippen LogP contribution >= 0.6 is 0 Å². The Kier molecular flexibility index (Phi) is 9.84. The molecule has 2 N–H and O–H groups in total. The van der Waals surface area contributed by atoms with Gasteiger partial charge in [0.1, 0.15) is 17.2 Å². The van der Waals surface area contributed by atoms with Crippen molar-refractivity contribution < 1.29 is 18.7 Å². The van der Waals surface area contributed by atoms with Gasteiger partial charge in [0, 0.05) is 62.1 Å². The molecule has 234 valence electrons. The van der Waals surface area contributed by atoms with Crippen LogP contribution in [-0.4, -0.2) is 65.7 Å². The van der Waals surface area contributed by atoms with Crippen molar-refractivity contribution in [3.05, 3.63) is 83.3 Å². The van der Waals surface area contributed by atoms with E-state index in [-0.39, 0.29) is 29.9 Å². The van der Waals surface area contributed by atoms with Gasteiger partial charge in [-0.15, -0.1) is 0 Å². The van der Waals surface area contributed by atoms with Crippen LogP contribution in [0.3, 0.4) is 0 Å². The number of alkyl carbamates (subject to hydrolysis) is 1. The fourth-order valence-corrected chi connectivity index (χ4v) is 5.81. The van der Waals surface area contributed by atoms with Gasteiger partial charge < -0.3 is 20.3 Å². The number of benzene rings is 2. The Morgan fingerprint density at radius 3 is 2.20 bits per heavy atom. The summed E-state index contributed by atoms with van der Waals surface area (Å²) in [4.78, 5) is 34.5. The molecule has 0 radical (unpaired) electrons. The fraction of sp³-hybridized carbons (Fsp3) is 0.457. The lowest BCUT2D eigenvalue weighted by molar-refractivity contribution is 0.0497. The summed E-state index contributed by atoms with van der Waals surface area (Å²) in [6, 6.07) is 16.6. The number of nitrogens with zero attached hydrogens (tertiary/aromatic N) is 3. The number of pyridine rings is 1. The van der Waals surface area contributed by atoms with E-state index in [9.17, 15) is 14.0 Å². The van der Waals surface area contributed by atoms with Crippen LogP contribution in [0.1, 0.15) is 67.9 Å². The third-order valence-corrected chi connectivity index (χ3v) is 8.27. The van der Waals surface area contributed by atoms with Gasteiger partial charge in [-0.25, -0.2) is 14.2 Å². The number of carbonyl (C=O) groups excluding carboxylic acids is 2. The Hall–Kier alpha value is -3.98. The lowest BCUT2D eigenvalue weighted by Gasteiger charge is -2.34. The number of rotatable bonds is 7. The van der Waals surface area contributed by atoms with E-state index in [2.05, 4.69) is 32.6 Å². The summed E-state index contributed by atoms with van der Waals surface area (Å²) in [7, 11) is 0. The lowest BCUT2D eigenvalue weighted by atomic mass is 10.00. The maximum absolute atomic E-state index is 14.5. The summed E-state index contributed by atoms with van der Waals surface area (Å²) in [6.45, 7) is 11.8. The van der Waals surface area contributed by atoms with E-state index < -0.39 is 5.60 Å². The van der Waals surface area contributed by atoms with E-state index >= 15 is 0 Å². The molecule has 2 aromatic carbocycles. The molecule has 2 fully saturated rings. The molecule has 3 heterocycles. The number of carbonyl (C=O) groups is 2. The third kappa shape index (κ3) is 8.56. The highest BCUT2D eigenvalue weighted by molar-refractivity contribution is 5.95. The van der Waals surface area contributed by atoms with Crippen LogP contribution in [0.4, 0.5) is 15.0 Å². The summed E-state index contributed by atoms with van der Waals surface area (Å²) in [6.07, 6.45) is 5.01. The molecule has 3 aromatic rings. The minimum atomic E-state index is -0.499. The molecule has 2 amide bonds. The van der Waals surface area contributed by atoms with Crippen LogP contribution < -0.4 is 15.5 Å². The van der Waals surface area contributed by atoms with Crippen molar-refractivity contribution >= 4 is 17.8 Å². The van der Waals surface area contributed by atoms with Gasteiger partial charge in [-0.1, -0.05) is 35.9 Å². The second kappa shape index (κ2) is 13.8. The number of piperidine rings is 2. The fourth-order valence-electron chi connectivity index (χ4n) is 5.81. The van der Waals surface area contributed by atoms with Crippen LogP contribution in [0, 0.1) is 12.7 Å². The van der Waals surface area contributed by atoms with Gasteiger partial charge in [0.25, 0.3) is 5.91 Å². The molecular weight excluding hydrogens is 557 g/mol. The van der Waals surface area contributed by atoms with E-state index in [4.69, 9.17) is 9.72 Å². The van der Waals surface area contributed by atoms with E-state index in [1.54, 1.807) is 12.1 Å². The van der Waals surface area contributed by atoms with Crippen molar-refractivity contribution in [1.29, 1.82) is 0 Å². The number of aromatic nitrogens is 1. The zero-order valence-electron chi connectivity index (χ0n) is 26.2. The predicted molar refractivity (Wildman–Crippen MR) is 171 cm³/mol. The third-order valence-electron chi connectivity index (χ3n) is 8.27. The Morgan fingerprint density at radius 1 is 0.909 bits per heavy atom. The van der Waals surface area contributed by atoms with Crippen LogP contribution in [0.5, 0.6) is 0 Å². The number of amides is 2. The average molecular weight is 602 g/mol. The van der Waals surface area contributed by atoms with Gasteiger partial charge in [-0.3, -0.25) is 9.69 Å². The highest BCUT2D eigenvalue weighted by Crippen LogP contribution is 2.25. The van der Waals surface area contributed by atoms with E-state index in [0.717, 1.165) is 80.9 Å². The van der Waals surface area contributed by atoms with E-state index in [0.29, 0.717) is 11.1 Å². The maximum Gasteiger partial charge on any atom is 0.407 e. The monoisotopic (exact) mass is 601 g/mol. The van der Waals surface area contributed by atoms with Crippen molar-refractivity contribution in [2.24, 2.45) is 0 Å². The molecule has 0 unspecified atom stereocenters. The zero-order chi connectivity index (χ0) is 31.3. The number of halogens is 1. The number of hydrogen-bond acceptors (Lipinski definition) is 6. The lowest BCUT2D eigenvalue weighted by Crippen LogP contribution is -2.46. The highest BCUT2D eigenvalue weighted by atomic mass is 19.1. The van der Waals surface area contributed by atoms with E-state index in [1.165, 1.54) is 6.07 Å². The van der Waals surface area contributed by atoms with E-state index in [1.807, 2.05) is 58.2 Å². The number of anilines is 1. The molecule has 0 aliphatic carbocycles. The van der Waals surface area contributed by atoms with Crippen molar-refractivity contribution in [1.82, 2.24) is 20.5 Å². The smallest absolute Gasteiger partial charge is 0.407 e. The maximum atomic E-state index is 14.5. The minimum Gasteiger partial charge on any atom is -0.444 e. The Bertz CT molecular complexity index is 1420. The van der Waals surface area contributed by atoms with Crippen LogP contribution in [0.25, 0.3) is 11.1 Å². The van der Waals surface area contributed by atoms with Gasteiger partial charge in [-0.2, -0.15) is 0 Å². The molecule has 8 nitrogen and oxygen atoms in total. The van der Waals surface area contributed by atoms with Gasteiger partial charge in [0.15, 0.2) is 0 Å². The topological polar surface area (TPSA) is 86.8 Å². The summed E-state index contributed by atoms with van der Waals surface area (Å²) in [5.41, 5.74) is 3.43. The predicted octanol–water partition coefficient (Wildman–Crippen LogP) is 6.08. The SMILES string of the molecule is Cc1ccc(-c2cc(C(=O)NC3CCN(Cc4ccc(N5CCC(NC(=O)OC(C)(C)C)CC5)nc4)CC3)ccc2F)cc1. The minimum absolute atomic E-state index is 0.0832. The Morgan fingerprint density at radius 2 is 1.57 bits per heavy atom. The number of hydrogen-bond donors (Lipinski definition) is 2. The van der Waals surface area contributed by atoms with Gasteiger partial charge in [-0.05, 0) is 88.8 Å². The average Bonchev–Trinajstić information content (AvgIpc) is 2.99. The first kappa shape index (κ1) is 31.4. The highest BCUT2D eigenvalue weighted by Gasteiger charge is 2.25. The molecule has 5 rings (SSSR count). The molecule has 2 aliphatic rings. The molecule has 0 bridgehead atoms. The summed E-state index contributed by atoms with van der Waals surface area (Å²) < 4.78 is 19.9.